The van der Waals surface area contributed by atoms with Gasteiger partial charge in [0, 0.05) is 25.4 Å². The molecule has 0 saturated heterocycles. The van der Waals surface area contributed by atoms with Crippen molar-refractivity contribution in [1.82, 2.24) is 4.98 Å². The lowest BCUT2D eigenvalue weighted by Crippen LogP contribution is -2.18. The van der Waals surface area contributed by atoms with Crippen molar-refractivity contribution >= 4 is 11.5 Å². The van der Waals surface area contributed by atoms with E-state index in [4.69, 9.17) is 4.74 Å². The normalized spacial score (nSPS) is 12.2. The van der Waals surface area contributed by atoms with Crippen LogP contribution in [0.4, 0.5) is 11.5 Å². The fourth-order valence-corrected chi connectivity index (χ4v) is 1.14. The number of hydrogen-bond acceptors (Lipinski definition) is 5. The maximum absolute atomic E-state index is 10.7. The van der Waals surface area contributed by atoms with Crippen LogP contribution in [-0.4, -0.2) is 29.7 Å². The summed E-state index contributed by atoms with van der Waals surface area (Å²) in [5.41, 5.74) is 0.623. The molecule has 1 aromatic rings. The standard InChI is InChI=1S/C10H15N3O3/c1-7-5-11-10(4-9(7)13(14)15)12-6-8(2)16-3/h4-5,8H,6H2,1-3H3,(H,11,12). The van der Waals surface area contributed by atoms with Gasteiger partial charge in [-0.3, -0.25) is 10.1 Å². The van der Waals surface area contributed by atoms with Crippen molar-refractivity contribution in [2.24, 2.45) is 0 Å². The fourth-order valence-electron chi connectivity index (χ4n) is 1.14. The van der Waals surface area contributed by atoms with Gasteiger partial charge in [0.15, 0.2) is 0 Å². The van der Waals surface area contributed by atoms with Crippen LogP contribution in [-0.2, 0) is 4.74 Å². The highest BCUT2D eigenvalue weighted by Crippen LogP contribution is 2.19. The summed E-state index contributed by atoms with van der Waals surface area (Å²) in [4.78, 5) is 14.3. The Bertz CT molecular complexity index is 382. The van der Waals surface area contributed by atoms with Gasteiger partial charge in [0.2, 0.25) is 0 Å². The molecule has 0 saturated carbocycles. The topological polar surface area (TPSA) is 77.3 Å². The SMILES string of the molecule is COC(C)CNc1cc([N+](=O)[O-])c(C)cn1. The Morgan fingerprint density at radius 1 is 1.69 bits per heavy atom. The van der Waals surface area contributed by atoms with E-state index in [1.54, 1.807) is 14.0 Å². The van der Waals surface area contributed by atoms with Gasteiger partial charge < -0.3 is 10.1 Å². The molecule has 1 aromatic heterocycles. The summed E-state index contributed by atoms with van der Waals surface area (Å²) in [6.07, 6.45) is 1.51. The first-order chi connectivity index (χ1) is 7.54. The van der Waals surface area contributed by atoms with Crippen LogP contribution in [0.25, 0.3) is 0 Å². The first kappa shape index (κ1) is 12.4. The number of rotatable bonds is 5. The predicted molar refractivity (Wildman–Crippen MR) is 60.6 cm³/mol. The van der Waals surface area contributed by atoms with Gasteiger partial charge in [-0.25, -0.2) is 4.98 Å². The predicted octanol–water partition coefficient (Wildman–Crippen LogP) is 1.75. The summed E-state index contributed by atoms with van der Waals surface area (Å²) in [5.74, 6) is 0.487. The lowest BCUT2D eigenvalue weighted by atomic mass is 10.2. The van der Waals surface area contributed by atoms with E-state index in [0.717, 1.165) is 0 Å². The van der Waals surface area contributed by atoms with Gasteiger partial charge in [-0.15, -0.1) is 0 Å². The molecule has 1 heterocycles. The first-order valence-corrected chi connectivity index (χ1v) is 4.92. The van der Waals surface area contributed by atoms with E-state index in [1.807, 2.05) is 6.92 Å². The molecule has 0 spiro atoms. The number of nitro groups is 1. The third-order valence-electron chi connectivity index (χ3n) is 2.24. The number of hydrogen-bond donors (Lipinski definition) is 1. The van der Waals surface area contributed by atoms with Crippen molar-refractivity contribution < 1.29 is 9.66 Å². The number of nitrogens with zero attached hydrogens (tertiary/aromatic N) is 2. The second-order valence-electron chi connectivity index (χ2n) is 3.54. The number of ether oxygens (including phenoxy) is 1. The number of aryl methyl sites for hydroxylation is 1. The minimum Gasteiger partial charge on any atom is -0.380 e. The zero-order valence-electron chi connectivity index (χ0n) is 9.56. The summed E-state index contributed by atoms with van der Waals surface area (Å²) in [5, 5.41) is 13.7. The van der Waals surface area contributed by atoms with Gasteiger partial charge >= 0.3 is 0 Å². The largest absolute Gasteiger partial charge is 0.380 e. The Morgan fingerprint density at radius 2 is 2.38 bits per heavy atom. The summed E-state index contributed by atoms with van der Waals surface area (Å²) in [7, 11) is 1.61. The zero-order chi connectivity index (χ0) is 12.1. The van der Waals surface area contributed by atoms with Gasteiger partial charge in [-0.05, 0) is 13.8 Å². The van der Waals surface area contributed by atoms with Gasteiger partial charge in [0.25, 0.3) is 5.69 Å². The summed E-state index contributed by atoms with van der Waals surface area (Å²) in [6.45, 7) is 4.12. The molecule has 0 amide bonds. The third-order valence-corrected chi connectivity index (χ3v) is 2.24. The Kier molecular flexibility index (Phi) is 4.19. The number of methoxy groups -OCH3 is 1. The second kappa shape index (κ2) is 5.41. The van der Waals surface area contributed by atoms with E-state index in [-0.39, 0.29) is 11.8 Å². The van der Waals surface area contributed by atoms with Gasteiger partial charge in [-0.2, -0.15) is 0 Å². The Morgan fingerprint density at radius 3 is 2.94 bits per heavy atom. The first-order valence-electron chi connectivity index (χ1n) is 4.92. The highest BCUT2D eigenvalue weighted by atomic mass is 16.6. The maximum Gasteiger partial charge on any atom is 0.277 e. The van der Waals surface area contributed by atoms with E-state index in [0.29, 0.717) is 17.9 Å². The molecule has 88 valence electrons. The van der Waals surface area contributed by atoms with Gasteiger partial charge in [-0.1, -0.05) is 0 Å². The number of pyridine rings is 1. The second-order valence-corrected chi connectivity index (χ2v) is 3.54. The summed E-state index contributed by atoms with van der Waals surface area (Å²) >= 11 is 0. The van der Waals surface area contributed by atoms with Crippen molar-refractivity contribution in [3.05, 3.63) is 27.9 Å². The summed E-state index contributed by atoms with van der Waals surface area (Å²) < 4.78 is 5.05. The smallest absolute Gasteiger partial charge is 0.277 e. The maximum atomic E-state index is 10.7. The van der Waals surface area contributed by atoms with Crippen molar-refractivity contribution in [1.29, 1.82) is 0 Å². The van der Waals surface area contributed by atoms with Gasteiger partial charge in [0.05, 0.1) is 17.1 Å². The van der Waals surface area contributed by atoms with Crippen LogP contribution in [0.15, 0.2) is 12.3 Å². The van der Waals surface area contributed by atoms with E-state index in [9.17, 15) is 10.1 Å². The Labute approximate surface area is 93.8 Å². The van der Waals surface area contributed by atoms with E-state index in [1.165, 1.54) is 12.3 Å². The molecule has 6 nitrogen and oxygen atoms in total. The molecule has 1 rings (SSSR count). The lowest BCUT2D eigenvalue weighted by molar-refractivity contribution is -0.385. The number of anilines is 1. The molecule has 1 N–H and O–H groups in total. The molecule has 16 heavy (non-hydrogen) atoms. The van der Waals surface area contributed by atoms with Crippen molar-refractivity contribution in [2.75, 3.05) is 19.0 Å². The van der Waals surface area contributed by atoms with Crippen LogP contribution >= 0.6 is 0 Å². The molecule has 0 aromatic carbocycles. The van der Waals surface area contributed by atoms with Crippen LogP contribution in [0.5, 0.6) is 0 Å². The van der Waals surface area contributed by atoms with Crippen LogP contribution in [0.1, 0.15) is 12.5 Å². The minimum atomic E-state index is -0.415. The molecule has 1 unspecified atom stereocenters. The molecule has 0 aliphatic rings. The molecule has 0 fully saturated rings. The average Bonchev–Trinajstić information content (AvgIpc) is 2.27. The quantitative estimate of drug-likeness (QED) is 0.610. The monoisotopic (exact) mass is 225 g/mol. The highest BCUT2D eigenvalue weighted by Gasteiger charge is 2.12. The Balaban J connectivity index is 2.75. The Hall–Kier alpha value is -1.69. The van der Waals surface area contributed by atoms with E-state index < -0.39 is 4.92 Å². The van der Waals surface area contributed by atoms with E-state index in [2.05, 4.69) is 10.3 Å². The van der Waals surface area contributed by atoms with Crippen molar-refractivity contribution in [3.63, 3.8) is 0 Å². The van der Waals surface area contributed by atoms with Crippen molar-refractivity contribution in [2.45, 2.75) is 20.0 Å². The number of nitrogens with one attached hydrogen (secondary N) is 1. The molecule has 0 aliphatic heterocycles. The fraction of sp³-hybridized carbons (Fsp3) is 0.500. The molecule has 0 bridgehead atoms. The molecular formula is C10H15N3O3. The average molecular weight is 225 g/mol. The van der Waals surface area contributed by atoms with Crippen LogP contribution in [0, 0.1) is 17.0 Å². The van der Waals surface area contributed by atoms with Crippen molar-refractivity contribution in [3.8, 4) is 0 Å². The molecule has 6 heteroatoms. The van der Waals surface area contributed by atoms with Crippen LogP contribution in [0.3, 0.4) is 0 Å². The molecular weight excluding hydrogens is 210 g/mol. The molecule has 0 aliphatic carbocycles. The third kappa shape index (κ3) is 3.16. The van der Waals surface area contributed by atoms with Crippen LogP contribution < -0.4 is 5.32 Å². The van der Waals surface area contributed by atoms with E-state index >= 15 is 0 Å². The molecule has 0 radical (unpaired) electrons. The molecule has 1 atom stereocenters. The number of aromatic nitrogens is 1. The van der Waals surface area contributed by atoms with Crippen LogP contribution in [0.2, 0.25) is 0 Å². The highest BCUT2D eigenvalue weighted by molar-refractivity contribution is 5.48. The summed E-state index contributed by atoms with van der Waals surface area (Å²) in [6, 6.07) is 1.43. The minimum absolute atomic E-state index is 0.0298. The zero-order valence-corrected chi connectivity index (χ0v) is 9.56. The van der Waals surface area contributed by atoms with Gasteiger partial charge in [0.1, 0.15) is 5.82 Å². The lowest BCUT2D eigenvalue weighted by Gasteiger charge is -2.11.